The summed E-state index contributed by atoms with van der Waals surface area (Å²) >= 11 is 0. The maximum Gasteiger partial charge on any atom is 0.164 e. The van der Waals surface area contributed by atoms with Crippen LogP contribution in [0.4, 0.5) is 0 Å². The molecule has 0 spiro atoms. The van der Waals surface area contributed by atoms with Gasteiger partial charge in [0.05, 0.1) is 0 Å². The molecule has 6 aromatic carbocycles. The molecule has 0 fully saturated rings. The lowest BCUT2D eigenvalue weighted by Gasteiger charge is -2.22. The number of nitrogens with zero attached hydrogens (tertiary/aromatic N) is 3. The standard InChI is InChI=1S/C45H29N3O/c1-4-12-31-25-34(20-17-28(31)9-1)37-23-24-39(41-38-15-7-8-16-40(38)49-42(37)41)45-47-43(35-21-18-29-10-2-5-13-32(29)26-35)46-44(48-45)36-22-19-30-11-3-6-14-33(30)27-36/h1-26,33H,27H2. The van der Waals surface area contributed by atoms with Gasteiger partial charge in [-0.1, -0.05) is 127 Å². The highest BCUT2D eigenvalue weighted by Crippen LogP contribution is 2.42. The van der Waals surface area contributed by atoms with Crippen LogP contribution in [0.1, 0.15) is 12.2 Å². The molecule has 0 N–H and O–H groups in total. The van der Waals surface area contributed by atoms with Crippen molar-refractivity contribution in [3.63, 3.8) is 0 Å². The van der Waals surface area contributed by atoms with E-state index in [1.54, 1.807) is 0 Å². The van der Waals surface area contributed by atoms with Gasteiger partial charge in [0.1, 0.15) is 11.2 Å². The first-order valence-corrected chi connectivity index (χ1v) is 16.7. The van der Waals surface area contributed by atoms with Gasteiger partial charge in [-0.25, -0.2) is 15.0 Å². The first kappa shape index (κ1) is 27.7. The molecular formula is C45H29N3O. The van der Waals surface area contributed by atoms with E-state index < -0.39 is 0 Å². The van der Waals surface area contributed by atoms with Crippen molar-refractivity contribution >= 4 is 49.1 Å². The number of furan rings is 1. The molecule has 2 heterocycles. The lowest BCUT2D eigenvalue weighted by molar-refractivity contribution is 0.670. The predicted octanol–water partition coefficient (Wildman–Crippen LogP) is 11.5. The van der Waals surface area contributed by atoms with Crippen LogP contribution < -0.4 is 0 Å². The zero-order valence-corrected chi connectivity index (χ0v) is 26.5. The normalized spacial score (nSPS) is 15.6. The number of aromatic nitrogens is 3. The van der Waals surface area contributed by atoms with Gasteiger partial charge in [-0.05, 0) is 75.0 Å². The number of para-hydroxylation sites is 1. The van der Waals surface area contributed by atoms with Crippen LogP contribution in [0.3, 0.4) is 0 Å². The van der Waals surface area contributed by atoms with Crippen LogP contribution in [0, 0.1) is 5.92 Å². The summed E-state index contributed by atoms with van der Waals surface area (Å²) in [7, 11) is 0. The zero-order chi connectivity index (χ0) is 32.3. The quantitative estimate of drug-likeness (QED) is 0.195. The second-order valence-electron chi connectivity index (χ2n) is 12.8. The van der Waals surface area contributed by atoms with Gasteiger partial charge in [-0.2, -0.15) is 0 Å². The molecule has 0 saturated carbocycles. The van der Waals surface area contributed by atoms with Crippen molar-refractivity contribution in [3.8, 4) is 33.9 Å². The Bertz CT molecular complexity index is 2760. The lowest BCUT2D eigenvalue weighted by Crippen LogP contribution is -2.10. The van der Waals surface area contributed by atoms with E-state index in [-0.39, 0.29) is 0 Å². The maximum atomic E-state index is 6.68. The van der Waals surface area contributed by atoms with Crippen molar-refractivity contribution in [3.05, 3.63) is 169 Å². The minimum atomic E-state index is 0.306. The highest BCUT2D eigenvalue weighted by molar-refractivity contribution is 6.16. The SMILES string of the molecule is C1=CC2=CC=C(c3nc(-c4ccc5ccccc5c4)nc(-c4ccc(-c5ccc6ccccc6c5)c5oc6ccccc6c45)n3)CC2C=C1. The van der Waals surface area contributed by atoms with E-state index in [2.05, 4.69) is 146 Å². The molecule has 230 valence electrons. The molecule has 2 aliphatic rings. The molecule has 0 aliphatic heterocycles. The first-order chi connectivity index (χ1) is 24.2. The third-order valence-corrected chi connectivity index (χ3v) is 9.85. The number of fused-ring (bicyclic) bond motifs is 6. The number of rotatable bonds is 4. The number of hydrogen-bond donors (Lipinski definition) is 0. The molecule has 4 nitrogen and oxygen atoms in total. The monoisotopic (exact) mass is 627 g/mol. The summed E-state index contributed by atoms with van der Waals surface area (Å²) in [5.74, 6) is 2.29. The Balaban J connectivity index is 1.21. The molecular weight excluding hydrogens is 599 g/mol. The maximum absolute atomic E-state index is 6.68. The van der Waals surface area contributed by atoms with Gasteiger partial charge in [-0.3, -0.25) is 0 Å². The first-order valence-electron chi connectivity index (χ1n) is 16.7. The van der Waals surface area contributed by atoms with Gasteiger partial charge < -0.3 is 4.42 Å². The molecule has 1 atom stereocenters. The molecule has 0 amide bonds. The Labute approximate surface area is 283 Å². The van der Waals surface area contributed by atoms with Gasteiger partial charge in [-0.15, -0.1) is 0 Å². The Morgan fingerprint density at radius 2 is 1.22 bits per heavy atom. The van der Waals surface area contributed by atoms with E-state index in [9.17, 15) is 0 Å². The van der Waals surface area contributed by atoms with E-state index in [1.807, 2.05) is 12.1 Å². The molecule has 0 radical (unpaired) electrons. The molecule has 8 aromatic rings. The Kier molecular flexibility index (Phi) is 6.28. The van der Waals surface area contributed by atoms with Crippen LogP contribution in [0.2, 0.25) is 0 Å². The number of allylic oxidation sites excluding steroid dienone is 8. The van der Waals surface area contributed by atoms with E-state index in [0.717, 1.165) is 61.6 Å². The van der Waals surface area contributed by atoms with Crippen molar-refractivity contribution < 1.29 is 4.42 Å². The van der Waals surface area contributed by atoms with Gasteiger partial charge in [0.2, 0.25) is 0 Å². The largest absolute Gasteiger partial charge is 0.455 e. The van der Waals surface area contributed by atoms with Crippen molar-refractivity contribution in [2.75, 3.05) is 0 Å². The molecule has 2 aromatic heterocycles. The Hall–Kier alpha value is -6.39. The van der Waals surface area contributed by atoms with Crippen LogP contribution in [-0.2, 0) is 0 Å². The summed E-state index contributed by atoms with van der Waals surface area (Å²) in [5, 5.41) is 6.77. The van der Waals surface area contributed by atoms with Crippen molar-refractivity contribution in [2.45, 2.75) is 6.42 Å². The topological polar surface area (TPSA) is 51.8 Å². The fourth-order valence-electron chi connectivity index (χ4n) is 7.33. The van der Waals surface area contributed by atoms with Crippen LogP contribution in [-0.4, -0.2) is 15.0 Å². The molecule has 4 heteroatoms. The van der Waals surface area contributed by atoms with Crippen LogP contribution >= 0.6 is 0 Å². The fraction of sp³-hybridized carbons (Fsp3) is 0.0444. The number of benzene rings is 6. The van der Waals surface area contributed by atoms with E-state index in [1.165, 1.54) is 21.7 Å². The van der Waals surface area contributed by atoms with Crippen molar-refractivity contribution in [2.24, 2.45) is 5.92 Å². The molecule has 0 bridgehead atoms. The van der Waals surface area contributed by atoms with Gasteiger partial charge in [0.25, 0.3) is 0 Å². The summed E-state index contributed by atoms with van der Waals surface area (Å²) in [5.41, 5.74) is 8.09. The van der Waals surface area contributed by atoms with Crippen molar-refractivity contribution in [1.29, 1.82) is 0 Å². The van der Waals surface area contributed by atoms with Gasteiger partial charge in [0.15, 0.2) is 17.5 Å². The molecule has 10 rings (SSSR count). The molecule has 0 saturated heterocycles. The molecule has 2 aliphatic carbocycles. The van der Waals surface area contributed by atoms with Crippen molar-refractivity contribution in [1.82, 2.24) is 15.0 Å². The summed E-state index contributed by atoms with van der Waals surface area (Å²) in [4.78, 5) is 15.6. The van der Waals surface area contributed by atoms with Gasteiger partial charge >= 0.3 is 0 Å². The predicted molar refractivity (Wildman–Crippen MR) is 201 cm³/mol. The molecule has 1 unspecified atom stereocenters. The summed E-state index contributed by atoms with van der Waals surface area (Å²) in [6, 6.07) is 42.4. The minimum absolute atomic E-state index is 0.306. The van der Waals surface area contributed by atoms with Crippen LogP contribution in [0.5, 0.6) is 0 Å². The Morgan fingerprint density at radius 3 is 2.06 bits per heavy atom. The highest BCUT2D eigenvalue weighted by Gasteiger charge is 2.24. The third kappa shape index (κ3) is 4.72. The fourth-order valence-corrected chi connectivity index (χ4v) is 7.33. The minimum Gasteiger partial charge on any atom is -0.455 e. The van der Waals surface area contributed by atoms with E-state index in [4.69, 9.17) is 19.4 Å². The summed E-state index contributed by atoms with van der Waals surface area (Å²) in [6.07, 6.45) is 13.9. The van der Waals surface area contributed by atoms with Crippen LogP contribution in [0.25, 0.3) is 83.0 Å². The van der Waals surface area contributed by atoms with Gasteiger partial charge in [0, 0.05) is 33.4 Å². The summed E-state index contributed by atoms with van der Waals surface area (Å²) in [6.45, 7) is 0. The second kappa shape index (κ2) is 11.1. The molecule has 49 heavy (non-hydrogen) atoms. The highest BCUT2D eigenvalue weighted by atomic mass is 16.3. The second-order valence-corrected chi connectivity index (χ2v) is 12.8. The average molecular weight is 628 g/mol. The summed E-state index contributed by atoms with van der Waals surface area (Å²) < 4.78 is 6.68. The zero-order valence-electron chi connectivity index (χ0n) is 26.5. The van der Waals surface area contributed by atoms with E-state index in [0.29, 0.717) is 23.4 Å². The Morgan fingerprint density at radius 1 is 0.551 bits per heavy atom. The third-order valence-electron chi connectivity index (χ3n) is 9.85. The smallest absolute Gasteiger partial charge is 0.164 e. The lowest BCUT2D eigenvalue weighted by atomic mass is 9.84. The van der Waals surface area contributed by atoms with Crippen LogP contribution in [0.15, 0.2) is 168 Å². The average Bonchev–Trinajstić information content (AvgIpc) is 3.56. The number of hydrogen-bond acceptors (Lipinski definition) is 4. The van der Waals surface area contributed by atoms with E-state index >= 15 is 0 Å².